The standard InChI is InChI=1S/C15H17Cl2N5O2/c1-9(2)5-6-18-14-13(22(23)24)15(20-8-19-14)21-10-3-4-11(16)12(17)7-10/h3-4,7-9H,5-6H2,1-2H3,(H2,18,19,20,21). The van der Waals surface area contributed by atoms with E-state index in [1.807, 2.05) is 0 Å². The van der Waals surface area contributed by atoms with Crippen LogP contribution in [-0.2, 0) is 0 Å². The zero-order valence-corrected chi connectivity index (χ0v) is 14.7. The van der Waals surface area contributed by atoms with Crippen LogP contribution in [0.25, 0.3) is 0 Å². The van der Waals surface area contributed by atoms with Crippen molar-refractivity contribution < 1.29 is 4.92 Å². The summed E-state index contributed by atoms with van der Waals surface area (Å²) >= 11 is 11.8. The first kappa shape index (κ1) is 18.2. The van der Waals surface area contributed by atoms with Crippen molar-refractivity contribution in [2.75, 3.05) is 17.2 Å². The van der Waals surface area contributed by atoms with E-state index in [4.69, 9.17) is 23.2 Å². The smallest absolute Gasteiger partial charge is 0.353 e. The summed E-state index contributed by atoms with van der Waals surface area (Å²) < 4.78 is 0. The van der Waals surface area contributed by atoms with Crippen molar-refractivity contribution in [1.29, 1.82) is 0 Å². The van der Waals surface area contributed by atoms with Gasteiger partial charge in [0.1, 0.15) is 6.33 Å². The highest BCUT2D eigenvalue weighted by molar-refractivity contribution is 6.42. The number of nitrogens with zero attached hydrogens (tertiary/aromatic N) is 3. The van der Waals surface area contributed by atoms with E-state index in [1.165, 1.54) is 6.33 Å². The molecule has 128 valence electrons. The number of aromatic nitrogens is 2. The van der Waals surface area contributed by atoms with Crippen LogP contribution in [0.4, 0.5) is 23.0 Å². The molecule has 0 aliphatic heterocycles. The van der Waals surface area contributed by atoms with Crippen LogP contribution in [0.2, 0.25) is 10.0 Å². The molecule has 0 aliphatic carbocycles. The highest BCUT2D eigenvalue weighted by Crippen LogP contribution is 2.33. The third kappa shape index (κ3) is 4.69. The van der Waals surface area contributed by atoms with Gasteiger partial charge in [-0.2, -0.15) is 0 Å². The van der Waals surface area contributed by atoms with Gasteiger partial charge in [-0.3, -0.25) is 10.1 Å². The van der Waals surface area contributed by atoms with Crippen molar-refractivity contribution >= 4 is 46.2 Å². The molecule has 0 saturated carbocycles. The van der Waals surface area contributed by atoms with Gasteiger partial charge in [0.2, 0.25) is 11.6 Å². The fraction of sp³-hybridized carbons (Fsp3) is 0.333. The lowest BCUT2D eigenvalue weighted by Crippen LogP contribution is -2.10. The van der Waals surface area contributed by atoms with Crippen LogP contribution in [0, 0.1) is 16.0 Å². The maximum absolute atomic E-state index is 11.4. The predicted molar refractivity (Wildman–Crippen MR) is 96.4 cm³/mol. The summed E-state index contributed by atoms with van der Waals surface area (Å²) in [5.41, 5.74) is 0.326. The van der Waals surface area contributed by atoms with Gasteiger partial charge in [0.15, 0.2) is 0 Å². The van der Waals surface area contributed by atoms with Crippen LogP contribution in [0.15, 0.2) is 24.5 Å². The Balaban J connectivity index is 2.28. The molecule has 0 atom stereocenters. The highest BCUT2D eigenvalue weighted by atomic mass is 35.5. The van der Waals surface area contributed by atoms with E-state index in [0.29, 0.717) is 28.2 Å². The molecule has 7 nitrogen and oxygen atoms in total. The molecule has 2 rings (SSSR count). The molecule has 1 aromatic carbocycles. The summed E-state index contributed by atoms with van der Waals surface area (Å²) in [5, 5.41) is 18.1. The number of nitrogens with one attached hydrogen (secondary N) is 2. The van der Waals surface area contributed by atoms with Crippen LogP contribution in [0.1, 0.15) is 20.3 Å². The predicted octanol–water partition coefficient (Wildman–Crippen LogP) is 4.89. The SMILES string of the molecule is CC(C)CCNc1ncnc(Nc2ccc(Cl)c(Cl)c2)c1[N+](=O)[O-]. The molecule has 0 unspecified atom stereocenters. The lowest BCUT2D eigenvalue weighted by atomic mass is 10.1. The molecule has 9 heteroatoms. The van der Waals surface area contributed by atoms with Crippen LogP contribution < -0.4 is 10.6 Å². The van der Waals surface area contributed by atoms with Crippen LogP contribution in [0.5, 0.6) is 0 Å². The minimum atomic E-state index is -0.516. The maximum Gasteiger partial charge on any atom is 0.353 e. The topological polar surface area (TPSA) is 93.0 Å². The Morgan fingerprint density at radius 2 is 1.92 bits per heavy atom. The number of benzene rings is 1. The van der Waals surface area contributed by atoms with E-state index in [-0.39, 0.29) is 17.3 Å². The Kier molecular flexibility index (Phi) is 6.16. The number of hydrogen-bond donors (Lipinski definition) is 2. The first-order valence-electron chi connectivity index (χ1n) is 7.33. The highest BCUT2D eigenvalue weighted by Gasteiger charge is 2.23. The van der Waals surface area contributed by atoms with E-state index in [0.717, 1.165) is 6.42 Å². The largest absolute Gasteiger partial charge is 0.364 e. The molecule has 0 bridgehead atoms. The van der Waals surface area contributed by atoms with Crippen molar-refractivity contribution in [3.05, 3.63) is 44.7 Å². The number of hydrogen-bond acceptors (Lipinski definition) is 6. The summed E-state index contributed by atoms with van der Waals surface area (Å²) in [7, 11) is 0. The zero-order valence-electron chi connectivity index (χ0n) is 13.2. The fourth-order valence-electron chi connectivity index (χ4n) is 1.96. The normalized spacial score (nSPS) is 10.7. The minimum absolute atomic E-state index is 0.0837. The quantitative estimate of drug-likeness (QED) is 0.532. The van der Waals surface area contributed by atoms with Gasteiger partial charge < -0.3 is 10.6 Å². The van der Waals surface area contributed by atoms with Gasteiger partial charge in [0, 0.05) is 12.2 Å². The van der Waals surface area contributed by atoms with Gasteiger partial charge in [0.25, 0.3) is 0 Å². The van der Waals surface area contributed by atoms with Gasteiger partial charge in [-0.1, -0.05) is 37.0 Å². The Bertz CT molecular complexity index is 740. The van der Waals surface area contributed by atoms with Gasteiger partial charge >= 0.3 is 5.69 Å². The second kappa shape index (κ2) is 8.12. The summed E-state index contributed by atoms with van der Waals surface area (Å²) in [4.78, 5) is 18.9. The van der Waals surface area contributed by atoms with E-state index in [2.05, 4.69) is 34.4 Å². The zero-order chi connectivity index (χ0) is 17.7. The average Bonchev–Trinajstić information content (AvgIpc) is 2.50. The lowest BCUT2D eigenvalue weighted by Gasteiger charge is -2.11. The van der Waals surface area contributed by atoms with Crippen molar-refractivity contribution in [3.8, 4) is 0 Å². The van der Waals surface area contributed by atoms with Gasteiger partial charge in [0.05, 0.1) is 15.0 Å². The second-order valence-corrected chi connectivity index (χ2v) is 6.35. The third-order valence-electron chi connectivity index (χ3n) is 3.20. The number of nitro groups is 1. The molecule has 0 amide bonds. The fourth-order valence-corrected chi connectivity index (χ4v) is 2.26. The molecule has 0 aliphatic rings. The Morgan fingerprint density at radius 1 is 1.21 bits per heavy atom. The molecule has 0 radical (unpaired) electrons. The van der Waals surface area contributed by atoms with Gasteiger partial charge in [-0.05, 0) is 30.5 Å². The first-order valence-corrected chi connectivity index (χ1v) is 8.09. The second-order valence-electron chi connectivity index (χ2n) is 5.54. The van der Waals surface area contributed by atoms with E-state index < -0.39 is 4.92 Å². The Labute approximate surface area is 149 Å². The summed E-state index contributed by atoms with van der Waals surface area (Å²) in [6.45, 7) is 4.74. The summed E-state index contributed by atoms with van der Waals surface area (Å²) in [5.74, 6) is 0.742. The molecular formula is C15H17Cl2N5O2. The molecule has 1 heterocycles. The molecule has 0 saturated heterocycles. The van der Waals surface area contributed by atoms with Crippen LogP contribution >= 0.6 is 23.2 Å². The van der Waals surface area contributed by atoms with Crippen molar-refractivity contribution in [3.63, 3.8) is 0 Å². The molecule has 1 aromatic heterocycles. The molecule has 2 N–H and O–H groups in total. The van der Waals surface area contributed by atoms with Crippen LogP contribution in [-0.4, -0.2) is 21.4 Å². The number of anilines is 3. The van der Waals surface area contributed by atoms with Gasteiger partial charge in [-0.15, -0.1) is 0 Å². The van der Waals surface area contributed by atoms with E-state index >= 15 is 0 Å². The van der Waals surface area contributed by atoms with Crippen molar-refractivity contribution in [2.45, 2.75) is 20.3 Å². The lowest BCUT2D eigenvalue weighted by molar-refractivity contribution is -0.383. The first-order chi connectivity index (χ1) is 11.4. The average molecular weight is 370 g/mol. The molecule has 2 aromatic rings. The molecule has 0 fully saturated rings. The number of halogens is 2. The monoisotopic (exact) mass is 369 g/mol. The van der Waals surface area contributed by atoms with Crippen LogP contribution in [0.3, 0.4) is 0 Å². The molecule has 24 heavy (non-hydrogen) atoms. The summed E-state index contributed by atoms with van der Waals surface area (Å²) in [6, 6.07) is 4.83. The summed E-state index contributed by atoms with van der Waals surface area (Å²) in [6.07, 6.45) is 2.14. The maximum atomic E-state index is 11.4. The van der Waals surface area contributed by atoms with Gasteiger partial charge in [-0.25, -0.2) is 9.97 Å². The van der Waals surface area contributed by atoms with E-state index in [1.54, 1.807) is 18.2 Å². The minimum Gasteiger partial charge on any atom is -0.364 e. The molecule has 0 spiro atoms. The van der Waals surface area contributed by atoms with Crippen molar-refractivity contribution in [1.82, 2.24) is 9.97 Å². The number of rotatable bonds is 7. The third-order valence-corrected chi connectivity index (χ3v) is 3.94. The Hall–Kier alpha value is -2.12. The molecular weight excluding hydrogens is 353 g/mol. The van der Waals surface area contributed by atoms with E-state index in [9.17, 15) is 10.1 Å². The Morgan fingerprint density at radius 3 is 2.54 bits per heavy atom. The van der Waals surface area contributed by atoms with Crippen molar-refractivity contribution in [2.24, 2.45) is 5.92 Å².